The number of fused-ring (bicyclic) bond motifs is 1. The highest BCUT2D eigenvalue weighted by Gasteiger charge is 2.17. The summed E-state index contributed by atoms with van der Waals surface area (Å²) >= 11 is 0. The Hall–Kier alpha value is -4.46. The van der Waals surface area contributed by atoms with Crippen LogP contribution >= 0.6 is 0 Å². The molecule has 0 radical (unpaired) electrons. The molecule has 3 aromatic carbocycles. The quantitative estimate of drug-likeness (QED) is 0.377. The number of nitrogens with zero attached hydrogens (tertiary/aromatic N) is 1. The zero-order valence-electron chi connectivity index (χ0n) is 19.8. The number of carbonyl (C=O) groups excluding carboxylic acids is 1. The maximum Gasteiger partial charge on any atom is 0.256 e. The van der Waals surface area contributed by atoms with Gasteiger partial charge in [0.15, 0.2) is 11.5 Å². The average Bonchev–Trinajstić information content (AvgIpc) is 2.89. The van der Waals surface area contributed by atoms with E-state index in [0.29, 0.717) is 40.6 Å². The minimum Gasteiger partial charge on any atom is -0.495 e. The lowest BCUT2D eigenvalue weighted by Gasteiger charge is -2.17. The molecule has 1 heterocycles. The number of para-hydroxylation sites is 3. The van der Waals surface area contributed by atoms with Crippen molar-refractivity contribution in [3.05, 3.63) is 88.7 Å². The third kappa shape index (κ3) is 5.22. The highest BCUT2D eigenvalue weighted by molar-refractivity contribution is 5.93. The summed E-state index contributed by atoms with van der Waals surface area (Å²) in [7, 11) is 4.61. The fraction of sp³-hybridized carbons (Fsp3) is 0.185. The Morgan fingerprint density at radius 3 is 2.20 bits per heavy atom. The fourth-order valence-corrected chi connectivity index (χ4v) is 3.88. The van der Waals surface area contributed by atoms with Crippen LogP contribution in [0.15, 0.2) is 77.6 Å². The number of amides is 1. The van der Waals surface area contributed by atoms with Gasteiger partial charge in [0, 0.05) is 29.2 Å². The zero-order valence-corrected chi connectivity index (χ0v) is 19.8. The van der Waals surface area contributed by atoms with Gasteiger partial charge in [0.25, 0.3) is 5.56 Å². The standard InChI is InChI=1S/C27H27N3O5/c1-33-23-12-8-7-11-21(23)29-26(31)17-30-22-15-25(35-3)24(34-2)14-18(22)13-19(27(30)32)16-28-20-9-5-4-6-10-20/h4-15,28H,16-17H2,1-3H3,(H,29,31). The number of hydrogen-bond donors (Lipinski definition) is 2. The summed E-state index contributed by atoms with van der Waals surface area (Å²) < 4.78 is 17.6. The average molecular weight is 474 g/mol. The Morgan fingerprint density at radius 2 is 1.49 bits per heavy atom. The molecule has 4 aromatic rings. The van der Waals surface area contributed by atoms with Crippen molar-refractivity contribution in [2.24, 2.45) is 0 Å². The van der Waals surface area contributed by atoms with Crippen molar-refractivity contribution in [2.75, 3.05) is 32.0 Å². The molecule has 180 valence electrons. The van der Waals surface area contributed by atoms with Gasteiger partial charge < -0.3 is 24.8 Å². The van der Waals surface area contributed by atoms with Crippen LogP contribution in [-0.4, -0.2) is 31.8 Å². The number of hydrogen-bond acceptors (Lipinski definition) is 6. The molecule has 2 N–H and O–H groups in total. The highest BCUT2D eigenvalue weighted by Crippen LogP contribution is 2.32. The van der Waals surface area contributed by atoms with Crippen molar-refractivity contribution in [1.82, 2.24) is 4.57 Å². The first-order valence-corrected chi connectivity index (χ1v) is 11.0. The smallest absolute Gasteiger partial charge is 0.256 e. The summed E-state index contributed by atoms with van der Waals surface area (Å²) in [5.41, 5.74) is 2.21. The van der Waals surface area contributed by atoms with E-state index >= 15 is 0 Å². The molecule has 0 spiro atoms. The van der Waals surface area contributed by atoms with Gasteiger partial charge in [0.1, 0.15) is 12.3 Å². The van der Waals surface area contributed by atoms with E-state index in [1.807, 2.05) is 42.5 Å². The number of methoxy groups -OCH3 is 3. The third-order valence-corrected chi connectivity index (χ3v) is 5.61. The number of pyridine rings is 1. The number of rotatable bonds is 9. The number of benzene rings is 3. The molecule has 8 nitrogen and oxygen atoms in total. The molecule has 0 aliphatic heterocycles. The van der Waals surface area contributed by atoms with Crippen LogP contribution in [0.5, 0.6) is 17.2 Å². The topological polar surface area (TPSA) is 90.8 Å². The maximum atomic E-state index is 13.5. The lowest BCUT2D eigenvalue weighted by atomic mass is 10.1. The fourth-order valence-electron chi connectivity index (χ4n) is 3.88. The largest absolute Gasteiger partial charge is 0.495 e. The van der Waals surface area contributed by atoms with Crippen molar-refractivity contribution in [3.63, 3.8) is 0 Å². The van der Waals surface area contributed by atoms with Crippen molar-refractivity contribution >= 4 is 28.2 Å². The van der Waals surface area contributed by atoms with Gasteiger partial charge in [-0.25, -0.2) is 0 Å². The van der Waals surface area contributed by atoms with Crippen LogP contribution < -0.4 is 30.4 Å². The van der Waals surface area contributed by atoms with Gasteiger partial charge in [-0.1, -0.05) is 30.3 Å². The zero-order chi connectivity index (χ0) is 24.8. The van der Waals surface area contributed by atoms with Crippen molar-refractivity contribution in [3.8, 4) is 17.2 Å². The Kier molecular flexibility index (Phi) is 7.21. The van der Waals surface area contributed by atoms with E-state index in [4.69, 9.17) is 14.2 Å². The predicted octanol–water partition coefficient (Wildman–Crippen LogP) is 4.28. The minimum atomic E-state index is -0.360. The molecule has 0 aliphatic rings. The molecule has 0 aliphatic carbocycles. The Bertz CT molecular complexity index is 1400. The number of carbonyl (C=O) groups is 1. The van der Waals surface area contributed by atoms with Crippen LogP contribution in [0.3, 0.4) is 0 Å². The van der Waals surface area contributed by atoms with Gasteiger partial charge in [0.05, 0.1) is 32.5 Å². The molecule has 35 heavy (non-hydrogen) atoms. The summed E-state index contributed by atoms with van der Waals surface area (Å²) in [6.45, 7) is 0.100. The molecule has 4 rings (SSSR count). The second-order valence-corrected chi connectivity index (χ2v) is 7.79. The molecule has 0 saturated heterocycles. The number of anilines is 2. The van der Waals surface area contributed by atoms with Crippen molar-refractivity contribution < 1.29 is 19.0 Å². The van der Waals surface area contributed by atoms with Crippen molar-refractivity contribution in [1.29, 1.82) is 0 Å². The Morgan fingerprint density at radius 1 is 0.829 bits per heavy atom. The van der Waals surface area contributed by atoms with Gasteiger partial charge in [-0.05, 0) is 36.4 Å². The molecule has 8 heteroatoms. The lowest BCUT2D eigenvalue weighted by Crippen LogP contribution is -2.30. The summed E-state index contributed by atoms with van der Waals surface area (Å²) in [5, 5.41) is 6.85. The second kappa shape index (κ2) is 10.6. The van der Waals surface area contributed by atoms with E-state index < -0.39 is 0 Å². The molecule has 0 fully saturated rings. The van der Waals surface area contributed by atoms with Crippen LogP contribution in [0.1, 0.15) is 5.56 Å². The molecule has 1 amide bonds. The van der Waals surface area contributed by atoms with E-state index in [0.717, 1.165) is 11.1 Å². The van der Waals surface area contributed by atoms with Crippen LogP contribution in [-0.2, 0) is 17.9 Å². The van der Waals surface area contributed by atoms with E-state index in [1.54, 1.807) is 37.4 Å². The van der Waals surface area contributed by atoms with E-state index in [2.05, 4.69) is 10.6 Å². The van der Waals surface area contributed by atoms with Crippen LogP contribution in [0.25, 0.3) is 10.9 Å². The summed E-state index contributed by atoms with van der Waals surface area (Å²) in [6, 6.07) is 22.0. The van der Waals surface area contributed by atoms with E-state index in [9.17, 15) is 9.59 Å². The predicted molar refractivity (Wildman–Crippen MR) is 137 cm³/mol. The van der Waals surface area contributed by atoms with E-state index in [1.165, 1.54) is 18.8 Å². The number of nitrogens with one attached hydrogen (secondary N) is 2. The molecular formula is C27H27N3O5. The van der Waals surface area contributed by atoms with Crippen LogP contribution in [0.2, 0.25) is 0 Å². The third-order valence-electron chi connectivity index (χ3n) is 5.61. The molecule has 0 saturated carbocycles. The van der Waals surface area contributed by atoms with Crippen LogP contribution in [0.4, 0.5) is 11.4 Å². The van der Waals surface area contributed by atoms with Crippen LogP contribution in [0, 0.1) is 0 Å². The summed E-state index contributed by atoms with van der Waals surface area (Å²) in [6.07, 6.45) is 0. The van der Waals surface area contributed by atoms with Gasteiger partial charge in [-0.15, -0.1) is 0 Å². The first kappa shape index (κ1) is 23.7. The summed E-state index contributed by atoms with van der Waals surface area (Å²) in [4.78, 5) is 26.5. The van der Waals surface area contributed by atoms with Gasteiger partial charge in [0.2, 0.25) is 5.91 Å². The molecule has 1 aromatic heterocycles. The van der Waals surface area contributed by atoms with E-state index in [-0.39, 0.29) is 18.0 Å². The van der Waals surface area contributed by atoms with Crippen molar-refractivity contribution in [2.45, 2.75) is 13.1 Å². The van der Waals surface area contributed by atoms with Gasteiger partial charge >= 0.3 is 0 Å². The normalized spacial score (nSPS) is 10.6. The monoisotopic (exact) mass is 473 g/mol. The van der Waals surface area contributed by atoms with Gasteiger partial charge in [-0.3, -0.25) is 14.2 Å². The first-order chi connectivity index (χ1) is 17.0. The number of ether oxygens (including phenoxy) is 3. The lowest BCUT2D eigenvalue weighted by molar-refractivity contribution is -0.116. The molecule has 0 atom stereocenters. The maximum absolute atomic E-state index is 13.5. The Balaban J connectivity index is 1.74. The molecule has 0 bridgehead atoms. The molecular weight excluding hydrogens is 446 g/mol. The van der Waals surface area contributed by atoms with Gasteiger partial charge in [-0.2, -0.15) is 0 Å². The molecule has 0 unspecified atom stereocenters. The Labute approximate surface area is 203 Å². The number of aromatic nitrogens is 1. The SMILES string of the molecule is COc1ccccc1NC(=O)Cn1c(=O)c(CNc2ccccc2)cc2cc(OC)c(OC)cc21. The first-order valence-electron chi connectivity index (χ1n) is 11.0. The highest BCUT2D eigenvalue weighted by atomic mass is 16.5. The summed E-state index contributed by atoms with van der Waals surface area (Å²) in [5.74, 6) is 1.17. The minimum absolute atomic E-state index is 0.192. The second-order valence-electron chi connectivity index (χ2n) is 7.79.